The number of nitrogens with zero attached hydrogens (tertiary/aromatic N) is 2. The molecule has 22 heavy (non-hydrogen) atoms. The molecule has 0 aliphatic carbocycles. The largest absolute Gasteiger partial charge is 0.468 e. The van der Waals surface area contributed by atoms with Crippen molar-refractivity contribution in [2.75, 3.05) is 26.2 Å². The van der Waals surface area contributed by atoms with E-state index in [1.807, 2.05) is 29.2 Å². The van der Waals surface area contributed by atoms with E-state index in [0.29, 0.717) is 6.42 Å². The number of carbonyl (C=O) groups is 1. The van der Waals surface area contributed by atoms with Gasteiger partial charge in [-0.3, -0.25) is 9.69 Å². The average Bonchev–Trinajstić information content (AvgIpc) is 3.03. The minimum Gasteiger partial charge on any atom is -0.468 e. The zero-order valence-corrected chi connectivity index (χ0v) is 13.0. The van der Waals surface area contributed by atoms with Crippen LogP contribution >= 0.6 is 0 Å². The lowest BCUT2D eigenvalue weighted by Gasteiger charge is -2.34. The van der Waals surface area contributed by atoms with Crippen molar-refractivity contribution in [3.8, 4) is 0 Å². The molecule has 116 valence electrons. The van der Waals surface area contributed by atoms with E-state index in [1.54, 1.807) is 6.26 Å². The van der Waals surface area contributed by atoms with E-state index < -0.39 is 0 Å². The average molecular weight is 298 g/mol. The normalized spacial score (nSPS) is 16.0. The molecule has 1 saturated heterocycles. The minimum absolute atomic E-state index is 0.224. The third-order valence-electron chi connectivity index (χ3n) is 4.16. The summed E-state index contributed by atoms with van der Waals surface area (Å²) in [6, 6.07) is 12.1. The molecule has 0 saturated carbocycles. The molecule has 4 nitrogen and oxygen atoms in total. The van der Waals surface area contributed by atoms with Gasteiger partial charge in [0, 0.05) is 26.2 Å². The van der Waals surface area contributed by atoms with Crippen molar-refractivity contribution in [3.63, 3.8) is 0 Å². The Kier molecular flexibility index (Phi) is 4.59. The van der Waals surface area contributed by atoms with Crippen molar-refractivity contribution in [3.05, 3.63) is 59.5 Å². The number of aryl methyl sites for hydroxylation is 1. The lowest BCUT2D eigenvalue weighted by molar-refractivity contribution is -0.132. The van der Waals surface area contributed by atoms with Crippen molar-refractivity contribution in [1.29, 1.82) is 0 Å². The zero-order chi connectivity index (χ0) is 15.4. The van der Waals surface area contributed by atoms with Crippen LogP contribution in [0.15, 0.2) is 47.1 Å². The molecule has 1 amide bonds. The molecule has 0 bridgehead atoms. The first-order chi connectivity index (χ1) is 10.7. The Balaban J connectivity index is 1.48. The van der Waals surface area contributed by atoms with E-state index in [9.17, 15) is 4.79 Å². The fourth-order valence-corrected chi connectivity index (χ4v) is 2.77. The number of benzene rings is 1. The quantitative estimate of drug-likeness (QED) is 0.870. The maximum Gasteiger partial charge on any atom is 0.227 e. The van der Waals surface area contributed by atoms with Gasteiger partial charge in [-0.25, -0.2) is 0 Å². The highest BCUT2D eigenvalue weighted by Crippen LogP contribution is 2.11. The highest BCUT2D eigenvalue weighted by Gasteiger charge is 2.21. The summed E-state index contributed by atoms with van der Waals surface area (Å²) in [6.45, 7) is 6.29. The minimum atomic E-state index is 0.224. The SMILES string of the molecule is Cc1ccc(CC(=O)N2CCN(Cc3ccco3)CC2)cc1. The maximum absolute atomic E-state index is 12.4. The number of amides is 1. The van der Waals surface area contributed by atoms with E-state index in [-0.39, 0.29) is 5.91 Å². The van der Waals surface area contributed by atoms with Crippen LogP contribution in [0.25, 0.3) is 0 Å². The van der Waals surface area contributed by atoms with E-state index in [4.69, 9.17) is 4.42 Å². The van der Waals surface area contributed by atoms with Crippen molar-refractivity contribution in [2.45, 2.75) is 19.9 Å². The van der Waals surface area contributed by atoms with Crippen LogP contribution in [-0.2, 0) is 17.8 Å². The fourth-order valence-electron chi connectivity index (χ4n) is 2.77. The number of hydrogen-bond acceptors (Lipinski definition) is 3. The Labute approximate surface area is 131 Å². The molecule has 2 aromatic rings. The van der Waals surface area contributed by atoms with Gasteiger partial charge in [0.1, 0.15) is 5.76 Å². The predicted octanol–water partition coefficient (Wildman–Crippen LogP) is 2.47. The molecule has 4 heteroatoms. The Morgan fingerprint density at radius 3 is 2.45 bits per heavy atom. The lowest BCUT2D eigenvalue weighted by Crippen LogP contribution is -2.48. The number of carbonyl (C=O) groups excluding carboxylic acids is 1. The summed E-state index contributed by atoms with van der Waals surface area (Å²) in [4.78, 5) is 16.7. The summed E-state index contributed by atoms with van der Waals surface area (Å²) in [5.41, 5.74) is 2.32. The molecule has 2 heterocycles. The summed E-state index contributed by atoms with van der Waals surface area (Å²) in [7, 11) is 0. The number of hydrogen-bond donors (Lipinski definition) is 0. The summed E-state index contributed by atoms with van der Waals surface area (Å²) in [5, 5.41) is 0. The van der Waals surface area contributed by atoms with Crippen LogP contribution < -0.4 is 0 Å². The van der Waals surface area contributed by atoms with E-state index in [0.717, 1.165) is 44.0 Å². The van der Waals surface area contributed by atoms with E-state index in [2.05, 4.69) is 24.0 Å². The highest BCUT2D eigenvalue weighted by molar-refractivity contribution is 5.78. The summed E-state index contributed by atoms with van der Waals surface area (Å²) >= 11 is 0. The molecule has 1 aliphatic heterocycles. The third kappa shape index (κ3) is 3.77. The van der Waals surface area contributed by atoms with Gasteiger partial charge in [-0.15, -0.1) is 0 Å². The lowest BCUT2D eigenvalue weighted by atomic mass is 10.1. The van der Waals surface area contributed by atoms with E-state index in [1.165, 1.54) is 5.56 Å². The topological polar surface area (TPSA) is 36.7 Å². The molecule has 0 unspecified atom stereocenters. The van der Waals surface area contributed by atoms with E-state index >= 15 is 0 Å². The van der Waals surface area contributed by atoms with Gasteiger partial charge in [-0.2, -0.15) is 0 Å². The molecule has 1 aromatic heterocycles. The second kappa shape index (κ2) is 6.79. The maximum atomic E-state index is 12.4. The van der Waals surface area contributed by atoms with Gasteiger partial charge >= 0.3 is 0 Å². The number of piperazine rings is 1. The van der Waals surface area contributed by atoms with Crippen LogP contribution in [0.5, 0.6) is 0 Å². The monoisotopic (exact) mass is 298 g/mol. The number of rotatable bonds is 4. The van der Waals surface area contributed by atoms with Gasteiger partial charge in [0.25, 0.3) is 0 Å². The second-order valence-corrected chi connectivity index (χ2v) is 5.90. The molecule has 0 spiro atoms. The molecule has 0 atom stereocenters. The smallest absolute Gasteiger partial charge is 0.227 e. The van der Waals surface area contributed by atoms with Gasteiger partial charge in [0.2, 0.25) is 5.91 Å². The first kappa shape index (κ1) is 14.9. The van der Waals surface area contributed by atoms with Crippen LogP contribution in [0.3, 0.4) is 0 Å². The molecular weight excluding hydrogens is 276 g/mol. The van der Waals surface area contributed by atoms with Crippen LogP contribution in [0.4, 0.5) is 0 Å². The Morgan fingerprint density at radius 2 is 1.82 bits per heavy atom. The van der Waals surface area contributed by atoms with Gasteiger partial charge < -0.3 is 9.32 Å². The molecule has 0 radical (unpaired) electrons. The predicted molar refractivity (Wildman–Crippen MR) is 85.4 cm³/mol. The molecule has 1 aromatic carbocycles. The highest BCUT2D eigenvalue weighted by atomic mass is 16.3. The Hall–Kier alpha value is -2.07. The Bertz CT molecular complexity index is 597. The van der Waals surface area contributed by atoms with Gasteiger partial charge in [-0.1, -0.05) is 29.8 Å². The molecule has 1 aliphatic rings. The van der Waals surface area contributed by atoms with Crippen molar-refractivity contribution < 1.29 is 9.21 Å². The fraction of sp³-hybridized carbons (Fsp3) is 0.389. The molecular formula is C18H22N2O2. The standard InChI is InChI=1S/C18H22N2O2/c1-15-4-6-16(7-5-15)13-18(21)20-10-8-19(9-11-20)14-17-3-2-12-22-17/h2-7,12H,8-11,13-14H2,1H3. The summed E-state index contributed by atoms with van der Waals surface area (Å²) in [6.07, 6.45) is 2.20. The molecule has 0 N–H and O–H groups in total. The van der Waals surface area contributed by atoms with Crippen molar-refractivity contribution >= 4 is 5.91 Å². The van der Waals surface area contributed by atoms with Gasteiger partial charge in [0.15, 0.2) is 0 Å². The Morgan fingerprint density at radius 1 is 1.09 bits per heavy atom. The second-order valence-electron chi connectivity index (χ2n) is 5.90. The van der Waals surface area contributed by atoms with Crippen molar-refractivity contribution in [2.24, 2.45) is 0 Å². The molecule has 1 fully saturated rings. The number of furan rings is 1. The van der Waals surface area contributed by atoms with Gasteiger partial charge in [0.05, 0.1) is 19.2 Å². The zero-order valence-electron chi connectivity index (χ0n) is 13.0. The first-order valence-electron chi connectivity index (χ1n) is 7.79. The summed E-state index contributed by atoms with van der Waals surface area (Å²) < 4.78 is 5.38. The van der Waals surface area contributed by atoms with Crippen molar-refractivity contribution in [1.82, 2.24) is 9.80 Å². The van der Waals surface area contributed by atoms with Crippen LogP contribution in [0, 0.1) is 6.92 Å². The van der Waals surface area contributed by atoms with Crippen LogP contribution in [-0.4, -0.2) is 41.9 Å². The van der Waals surface area contributed by atoms with Gasteiger partial charge in [-0.05, 0) is 24.6 Å². The summed E-state index contributed by atoms with van der Waals surface area (Å²) in [5.74, 6) is 1.21. The third-order valence-corrected chi connectivity index (χ3v) is 4.16. The van der Waals surface area contributed by atoms with Crippen LogP contribution in [0.1, 0.15) is 16.9 Å². The first-order valence-corrected chi connectivity index (χ1v) is 7.79. The molecule has 3 rings (SSSR count). The van der Waals surface area contributed by atoms with Crippen LogP contribution in [0.2, 0.25) is 0 Å².